The molecule has 0 saturated heterocycles. The maximum atomic E-state index is 12.5. The van der Waals surface area contributed by atoms with Crippen molar-refractivity contribution >= 4 is 34.3 Å². The highest BCUT2D eigenvalue weighted by Gasteiger charge is 2.17. The van der Waals surface area contributed by atoms with Crippen molar-refractivity contribution in [3.05, 3.63) is 54.2 Å². The van der Waals surface area contributed by atoms with E-state index in [0.29, 0.717) is 6.42 Å². The molecule has 3 rings (SSSR count). The van der Waals surface area contributed by atoms with Gasteiger partial charge in [-0.25, -0.2) is 0 Å². The molecule has 24 heavy (non-hydrogen) atoms. The van der Waals surface area contributed by atoms with Crippen LogP contribution in [0.1, 0.15) is 5.69 Å². The number of aromatic nitrogens is 1. The van der Waals surface area contributed by atoms with E-state index in [-0.39, 0.29) is 5.91 Å². The summed E-state index contributed by atoms with van der Waals surface area (Å²) < 4.78 is 7.24. The Kier molecular flexibility index (Phi) is 4.81. The normalized spacial score (nSPS) is 10.8. The molecule has 1 amide bonds. The van der Waals surface area contributed by atoms with Gasteiger partial charge in [0, 0.05) is 34.2 Å². The lowest BCUT2D eigenvalue weighted by Gasteiger charge is -2.09. The van der Waals surface area contributed by atoms with Crippen LogP contribution in [0.4, 0.5) is 5.69 Å². The van der Waals surface area contributed by atoms with Crippen LogP contribution in [0.25, 0.3) is 10.9 Å². The first-order valence-corrected chi connectivity index (χ1v) is 8.90. The number of amides is 1. The number of hydrogen-bond acceptors (Lipinski definition) is 3. The molecule has 1 N–H and O–H groups in total. The van der Waals surface area contributed by atoms with E-state index in [0.717, 1.165) is 27.5 Å². The minimum atomic E-state index is -0.0265. The fourth-order valence-electron chi connectivity index (χ4n) is 2.87. The van der Waals surface area contributed by atoms with Crippen molar-refractivity contribution < 1.29 is 9.53 Å². The number of ether oxygens (including phenoxy) is 1. The van der Waals surface area contributed by atoms with Gasteiger partial charge in [0.15, 0.2) is 0 Å². The lowest BCUT2D eigenvalue weighted by atomic mass is 10.2. The van der Waals surface area contributed by atoms with Crippen molar-refractivity contribution in [2.45, 2.75) is 11.3 Å². The number of nitrogens with zero attached hydrogens (tertiary/aromatic N) is 1. The highest BCUT2D eigenvalue weighted by molar-refractivity contribution is 7.98. The highest BCUT2D eigenvalue weighted by Crippen LogP contribution is 2.32. The van der Waals surface area contributed by atoms with E-state index < -0.39 is 0 Å². The Hall–Kier alpha value is -2.40. The van der Waals surface area contributed by atoms with Gasteiger partial charge in [0.25, 0.3) is 0 Å². The summed E-state index contributed by atoms with van der Waals surface area (Å²) in [5.74, 6) is 0.743. The molecule has 0 spiro atoms. The number of carbonyl (C=O) groups is 1. The van der Waals surface area contributed by atoms with Crippen LogP contribution in [0.15, 0.2) is 53.4 Å². The number of fused-ring (bicyclic) bond motifs is 1. The van der Waals surface area contributed by atoms with Crippen molar-refractivity contribution in [1.29, 1.82) is 0 Å². The minimum absolute atomic E-state index is 0.0265. The van der Waals surface area contributed by atoms with E-state index in [9.17, 15) is 4.79 Å². The highest BCUT2D eigenvalue weighted by atomic mass is 32.2. The third kappa shape index (κ3) is 3.12. The Balaban J connectivity index is 1.83. The Morgan fingerprint density at radius 3 is 2.54 bits per heavy atom. The molecule has 124 valence electrons. The second-order valence-electron chi connectivity index (χ2n) is 5.51. The molecular weight excluding hydrogens is 320 g/mol. The first-order chi connectivity index (χ1) is 11.6. The quantitative estimate of drug-likeness (QED) is 0.712. The van der Waals surface area contributed by atoms with Crippen molar-refractivity contribution in [3.63, 3.8) is 0 Å². The van der Waals surface area contributed by atoms with E-state index in [1.165, 1.54) is 5.39 Å². The molecule has 5 heteroatoms. The van der Waals surface area contributed by atoms with Gasteiger partial charge in [-0.15, -0.1) is 11.8 Å². The summed E-state index contributed by atoms with van der Waals surface area (Å²) in [6.45, 7) is 0. The molecule has 0 bridgehead atoms. The first kappa shape index (κ1) is 16.5. The van der Waals surface area contributed by atoms with Gasteiger partial charge in [0.05, 0.1) is 13.5 Å². The standard InChI is InChI=1S/C19H20N2O2S/c1-21-16-7-5-4-6-15(16)19(24-3)17(21)12-18(22)20-13-8-10-14(23-2)11-9-13/h4-11H,12H2,1-3H3,(H,20,22). The maximum Gasteiger partial charge on any atom is 0.230 e. The number of rotatable bonds is 5. The lowest BCUT2D eigenvalue weighted by molar-refractivity contribution is -0.115. The van der Waals surface area contributed by atoms with E-state index in [1.54, 1.807) is 18.9 Å². The van der Waals surface area contributed by atoms with Crippen LogP contribution in [0, 0.1) is 0 Å². The number of nitrogens with one attached hydrogen (secondary N) is 1. The predicted molar refractivity (Wildman–Crippen MR) is 100 cm³/mol. The average Bonchev–Trinajstić information content (AvgIpc) is 2.87. The average molecular weight is 340 g/mol. The van der Waals surface area contributed by atoms with E-state index in [2.05, 4.69) is 22.0 Å². The molecule has 0 radical (unpaired) electrons. The van der Waals surface area contributed by atoms with Crippen molar-refractivity contribution in [2.75, 3.05) is 18.7 Å². The zero-order valence-corrected chi connectivity index (χ0v) is 14.8. The van der Waals surface area contributed by atoms with E-state index >= 15 is 0 Å². The summed E-state index contributed by atoms with van der Waals surface area (Å²) in [7, 11) is 3.63. The number of benzene rings is 2. The number of para-hydroxylation sites is 1. The molecule has 1 aromatic heterocycles. The van der Waals surface area contributed by atoms with Gasteiger partial charge < -0.3 is 14.6 Å². The van der Waals surface area contributed by atoms with Crippen molar-refractivity contribution in [1.82, 2.24) is 4.57 Å². The predicted octanol–water partition coefficient (Wildman–Crippen LogP) is 4.09. The molecule has 0 fully saturated rings. The van der Waals surface area contributed by atoms with E-state index in [4.69, 9.17) is 4.74 Å². The summed E-state index contributed by atoms with van der Waals surface area (Å²) in [5, 5.41) is 4.14. The second kappa shape index (κ2) is 7.01. The first-order valence-electron chi connectivity index (χ1n) is 7.68. The zero-order valence-electron chi connectivity index (χ0n) is 14.0. The Bertz CT molecular complexity index is 869. The fraction of sp³-hybridized carbons (Fsp3) is 0.211. The topological polar surface area (TPSA) is 43.3 Å². The summed E-state index contributed by atoms with van der Waals surface area (Å²) in [4.78, 5) is 13.6. The van der Waals surface area contributed by atoms with Crippen LogP contribution in [-0.2, 0) is 18.3 Å². The SMILES string of the molecule is COc1ccc(NC(=O)Cc2c(SC)c3ccccc3n2C)cc1. The van der Waals surface area contributed by atoms with Crippen molar-refractivity contribution in [2.24, 2.45) is 7.05 Å². The number of thioether (sulfide) groups is 1. The molecule has 1 heterocycles. The zero-order chi connectivity index (χ0) is 17.1. The second-order valence-corrected chi connectivity index (χ2v) is 6.33. The van der Waals surface area contributed by atoms with Gasteiger partial charge in [0.2, 0.25) is 5.91 Å². The summed E-state index contributed by atoms with van der Waals surface area (Å²) >= 11 is 1.68. The van der Waals surface area contributed by atoms with Gasteiger partial charge in [-0.3, -0.25) is 4.79 Å². The number of anilines is 1. The molecular formula is C19H20N2O2S. The number of carbonyl (C=O) groups excluding carboxylic acids is 1. The monoisotopic (exact) mass is 340 g/mol. The Labute approximate surface area is 145 Å². The van der Waals surface area contributed by atoms with Crippen LogP contribution in [0.2, 0.25) is 0 Å². The fourth-order valence-corrected chi connectivity index (χ4v) is 3.71. The van der Waals surface area contributed by atoms with Gasteiger partial charge in [-0.1, -0.05) is 18.2 Å². The number of methoxy groups -OCH3 is 1. The summed E-state index contributed by atoms with van der Waals surface area (Å²) in [5.41, 5.74) is 2.95. The van der Waals surface area contributed by atoms with Crippen LogP contribution >= 0.6 is 11.8 Å². The summed E-state index contributed by atoms with van der Waals surface area (Å²) in [6, 6.07) is 15.6. The molecule has 0 saturated carbocycles. The largest absolute Gasteiger partial charge is 0.497 e. The molecule has 0 atom stereocenters. The maximum absolute atomic E-state index is 12.5. The molecule has 0 aliphatic carbocycles. The number of hydrogen-bond donors (Lipinski definition) is 1. The van der Waals surface area contributed by atoms with E-state index in [1.807, 2.05) is 49.7 Å². The summed E-state index contributed by atoms with van der Waals surface area (Å²) in [6.07, 6.45) is 2.39. The van der Waals surface area contributed by atoms with Crippen LogP contribution < -0.4 is 10.1 Å². The van der Waals surface area contributed by atoms with Gasteiger partial charge >= 0.3 is 0 Å². The van der Waals surface area contributed by atoms with Crippen LogP contribution in [-0.4, -0.2) is 23.8 Å². The van der Waals surface area contributed by atoms with Gasteiger partial charge in [-0.05, 0) is 36.6 Å². The van der Waals surface area contributed by atoms with Crippen LogP contribution in [0.5, 0.6) is 5.75 Å². The molecule has 0 aliphatic heterocycles. The third-order valence-corrected chi connectivity index (χ3v) is 4.95. The minimum Gasteiger partial charge on any atom is -0.497 e. The Morgan fingerprint density at radius 1 is 1.17 bits per heavy atom. The third-order valence-electron chi connectivity index (χ3n) is 4.08. The van der Waals surface area contributed by atoms with Crippen LogP contribution in [0.3, 0.4) is 0 Å². The smallest absolute Gasteiger partial charge is 0.230 e. The molecule has 2 aromatic carbocycles. The lowest BCUT2D eigenvalue weighted by Crippen LogP contribution is -2.16. The molecule has 0 aliphatic rings. The Morgan fingerprint density at radius 2 is 1.88 bits per heavy atom. The molecule has 0 unspecified atom stereocenters. The molecule has 4 nitrogen and oxygen atoms in total. The molecule has 3 aromatic rings. The van der Waals surface area contributed by atoms with Crippen molar-refractivity contribution in [3.8, 4) is 5.75 Å². The van der Waals surface area contributed by atoms with Gasteiger partial charge in [-0.2, -0.15) is 0 Å². The van der Waals surface area contributed by atoms with Gasteiger partial charge in [0.1, 0.15) is 5.75 Å². The number of aryl methyl sites for hydroxylation is 1.